The van der Waals surface area contributed by atoms with Gasteiger partial charge in [0.1, 0.15) is 11.6 Å². The van der Waals surface area contributed by atoms with Crippen molar-refractivity contribution in [3.05, 3.63) is 419 Å². The minimum Gasteiger partial charge on any atom is -0.310 e. The quantitative estimate of drug-likeness (QED) is 0.0944. The average Bonchev–Trinajstić information content (AvgIpc) is 1.54. The fourth-order valence-electron chi connectivity index (χ4n) is 15.0. The first-order valence-electron chi connectivity index (χ1n) is 32.3. The van der Waals surface area contributed by atoms with Crippen molar-refractivity contribution >= 4 is 46.3 Å². The fraction of sp³-hybridized carbons (Fsp3) is 0.0222. The van der Waals surface area contributed by atoms with Gasteiger partial charge in [-0.2, -0.15) is 0 Å². The van der Waals surface area contributed by atoms with Crippen LogP contribution >= 0.6 is 0 Å². The third-order valence-electron chi connectivity index (χ3n) is 19.6. The second-order valence-corrected chi connectivity index (χ2v) is 24.8. The predicted octanol–water partition coefficient (Wildman–Crippen LogP) is 24.5. The molecule has 0 radical (unpaired) electrons. The Morgan fingerprint density at radius 3 is 0.827 bits per heavy atom. The summed E-state index contributed by atoms with van der Waals surface area (Å²) in [5.74, 6) is -4.37. The summed E-state index contributed by atoms with van der Waals surface area (Å²) >= 11 is 0. The number of hydrogen-bond acceptors (Lipinski definition) is 2. The van der Waals surface area contributed by atoms with E-state index in [9.17, 15) is 17.6 Å². The Morgan fingerprint density at radius 1 is 0.235 bits per heavy atom. The Labute approximate surface area is 564 Å². The van der Waals surface area contributed by atoms with Crippen LogP contribution in [0.15, 0.2) is 329 Å². The number of hydrogen-bond donors (Lipinski definition) is 0. The van der Waals surface area contributed by atoms with Gasteiger partial charge < -0.3 is 9.80 Å². The van der Waals surface area contributed by atoms with Gasteiger partial charge in [-0.05, 0) is 233 Å². The van der Waals surface area contributed by atoms with Crippen LogP contribution < -0.4 is 9.80 Å². The molecule has 8 heteroatoms. The number of rotatable bonds is 15. The van der Waals surface area contributed by atoms with Crippen LogP contribution in [0.1, 0.15) is 55.6 Å². The van der Waals surface area contributed by atoms with Crippen molar-refractivity contribution < 1.29 is 26.3 Å². The SMILES string of the molecule is C=Cc1ccc(C2(c3ccc(F)cc3)c3ccccc3-c3ccc(N(c4ccc(-c5ccc(N(c6ccc(-c7ccc(F)c(F)c7)cc6)c6ccc7c(c6)C(c6ccc(F)cc6)(c6ccc(C=C)cc6)c6ccccc6-7)cc5)cc4)c4ccc(-c5ccc(F)c(F)c5)cc4)cc32)cc1. The van der Waals surface area contributed by atoms with Gasteiger partial charge in [0.2, 0.25) is 0 Å². The molecular formula is C90H58F6N2. The highest BCUT2D eigenvalue weighted by molar-refractivity contribution is 5.92. The molecule has 14 aromatic rings. The monoisotopic (exact) mass is 1280 g/mol. The normalized spacial score (nSPS) is 14.8. The maximum Gasteiger partial charge on any atom is 0.159 e. The highest BCUT2D eigenvalue weighted by Gasteiger charge is 2.48. The van der Waals surface area contributed by atoms with Gasteiger partial charge in [-0.3, -0.25) is 0 Å². The molecule has 0 spiro atoms. The van der Waals surface area contributed by atoms with Gasteiger partial charge in [0.25, 0.3) is 0 Å². The zero-order valence-electron chi connectivity index (χ0n) is 52.8. The summed E-state index contributed by atoms with van der Waals surface area (Å²) < 4.78 is 87.9. The number of anilines is 6. The first-order chi connectivity index (χ1) is 47.9. The maximum absolute atomic E-state index is 15.0. The smallest absolute Gasteiger partial charge is 0.159 e. The van der Waals surface area contributed by atoms with E-state index in [4.69, 9.17) is 0 Å². The van der Waals surface area contributed by atoms with E-state index in [2.05, 4.69) is 193 Å². The van der Waals surface area contributed by atoms with Crippen molar-refractivity contribution in [2.45, 2.75) is 10.8 Å². The Balaban J connectivity index is 0.815. The molecule has 0 aliphatic heterocycles. The lowest BCUT2D eigenvalue weighted by Gasteiger charge is -2.35. The lowest BCUT2D eigenvalue weighted by molar-refractivity contribution is 0.509. The van der Waals surface area contributed by atoms with E-state index in [0.717, 1.165) is 135 Å². The zero-order chi connectivity index (χ0) is 66.8. The lowest BCUT2D eigenvalue weighted by Crippen LogP contribution is -2.29. The molecule has 14 aromatic carbocycles. The predicted molar refractivity (Wildman–Crippen MR) is 387 cm³/mol. The Morgan fingerprint density at radius 2 is 0.510 bits per heavy atom. The number of nitrogens with zero attached hydrogens (tertiary/aromatic N) is 2. The standard InChI is InChI=1S/C90H58F6N2/c1-3-57-13-27-65(28-14-57)89(67-31-35-69(91)36-32-67)81-11-7-5-9-77(81)79-49-47-75(55-83(79)89)97(73-43-21-61(22-44-73)63-25-51-85(93)87(95)53-63)71-39-17-59(18-40-71)60-19-41-72(42-20-60)98(74-45-23-62(24-46-74)64-26-52-86(94)88(96)54-64)76-48-50-80-78-10-6-8-12-82(78)90(84(80)56-76,68-33-37-70(92)38-34-68)66-29-15-58(4-2)16-30-66/h3-56H,1-2H2. The summed E-state index contributed by atoms with van der Waals surface area (Å²) in [4.78, 5) is 4.38. The molecule has 16 rings (SSSR count). The molecule has 2 nitrogen and oxygen atoms in total. The van der Waals surface area contributed by atoms with Gasteiger partial charge in [-0.25, -0.2) is 26.3 Å². The summed E-state index contributed by atoms with van der Waals surface area (Å²) in [5, 5.41) is 0. The topological polar surface area (TPSA) is 6.48 Å². The van der Waals surface area contributed by atoms with Crippen molar-refractivity contribution in [2.24, 2.45) is 0 Å². The largest absolute Gasteiger partial charge is 0.310 e. The van der Waals surface area contributed by atoms with Crippen molar-refractivity contribution in [3.63, 3.8) is 0 Å². The van der Waals surface area contributed by atoms with Crippen LogP contribution in [0.3, 0.4) is 0 Å². The summed E-state index contributed by atoms with van der Waals surface area (Å²) in [6.07, 6.45) is 3.64. The third kappa shape index (κ3) is 10.1. The Bertz CT molecular complexity index is 5060. The molecule has 0 aromatic heterocycles. The van der Waals surface area contributed by atoms with Crippen LogP contribution in [0.4, 0.5) is 60.5 Å². The number of halogens is 6. The second kappa shape index (κ2) is 24.5. The zero-order valence-corrected chi connectivity index (χ0v) is 52.8. The molecule has 0 fully saturated rings. The maximum atomic E-state index is 15.0. The third-order valence-corrected chi connectivity index (χ3v) is 19.6. The number of benzene rings is 14. The molecule has 0 amide bonds. The van der Waals surface area contributed by atoms with E-state index < -0.39 is 34.1 Å². The molecule has 2 aliphatic carbocycles. The first kappa shape index (κ1) is 60.7. The van der Waals surface area contributed by atoms with Crippen LogP contribution in [0.2, 0.25) is 0 Å². The summed E-state index contributed by atoms with van der Waals surface area (Å²) in [5.41, 5.74) is 21.8. The molecule has 0 saturated carbocycles. The molecule has 0 heterocycles. The Kier molecular flexibility index (Phi) is 15.2. The van der Waals surface area contributed by atoms with E-state index in [1.54, 1.807) is 12.1 Å². The minimum atomic E-state index is -0.930. The van der Waals surface area contributed by atoms with E-state index in [0.29, 0.717) is 22.3 Å². The van der Waals surface area contributed by atoms with Gasteiger partial charge >= 0.3 is 0 Å². The molecule has 0 bridgehead atoms. The summed E-state index contributed by atoms with van der Waals surface area (Å²) in [7, 11) is 0. The van der Waals surface area contributed by atoms with Gasteiger partial charge in [0, 0.05) is 34.1 Å². The fourth-order valence-corrected chi connectivity index (χ4v) is 15.0. The van der Waals surface area contributed by atoms with E-state index in [1.165, 1.54) is 36.4 Å². The molecule has 98 heavy (non-hydrogen) atoms. The Hall–Kier alpha value is -12.3. The molecular weight excluding hydrogens is 1220 g/mol. The molecule has 2 atom stereocenters. The van der Waals surface area contributed by atoms with Gasteiger partial charge in [-0.1, -0.05) is 219 Å². The van der Waals surface area contributed by atoms with Crippen molar-refractivity contribution in [3.8, 4) is 55.6 Å². The molecule has 0 saturated heterocycles. The number of fused-ring (bicyclic) bond motifs is 6. The van der Waals surface area contributed by atoms with Crippen molar-refractivity contribution in [2.75, 3.05) is 9.80 Å². The highest BCUT2D eigenvalue weighted by atomic mass is 19.2. The van der Waals surface area contributed by atoms with E-state index in [1.807, 2.05) is 97.1 Å². The van der Waals surface area contributed by atoms with E-state index in [-0.39, 0.29) is 11.6 Å². The summed E-state index contributed by atoms with van der Waals surface area (Å²) in [6.45, 7) is 8.07. The van der Waals surface area contributed by atoms with Gasteiger partial charge in [0.15, 0.2) is 23.3 Å². The van der Waals surface area contributed by atoms with Gasteiger partial charge in [-0.15, -0.1) is 0 Å². The lowest BCUT2D eigenvalue weighted by atomic mass is 9.67. The first-order valence-corrected chi connectivity index (χ1v) is 32.3. The molecule has 470 valence electrons. The minimum absolute atomic E-state index is 0.335. The van der Waals surface area contributed by atoms with Crippen LogP contribution in [-0.2, 0) is 10.8 Å². The second-order valence-electron chi connectivity index (χ2n) is 24.8. The van der Waals surface area contributed by atoms with Crippen LogP contribution in [0.25, 0.3) is 67.8 Å². The highest BCUT2D eigenvalue weighted by Crippen LogP contribution is 2.59. The van der Waals surface area contributed by atoms with Crippen LogP contribution in [-0.4, -0.2) is 0 Å². The van der Waals surface area contributed by atoms with E-state index >= 15 is 8.78 Å². The van der Waals surface area contributed by atoms with Crippen molar-refractivity contribution in [1.29, 1.82) is 0 Å². The van der Waals surface area contributed by atoms with Crippen LogP contribution in [0, 0.1) is 34.9 Å². The average molecular weight is 1280 g/mol. The molecule has 2 aliphatic rings. The summed E-state index contributed by atoms with van der Waals surface area (Å²) in [6, 6.07) is 100. The van der Waals surface area contributed by atoms with Gasteiger partial charge in [0.05, 0.1) is 10.8 Å². The van der Waals surface area contributed by atoms with Crippen LogP contribution in [0.5, 0.6) is 0 Å². The molecule has 0 N–H and O–H groups in total. The molecule has 2 unspecified atom stereocenters. The van der Waals surface area contributed by atoms with Crippen molar-refractivity contribution in [1.82, 2.24) is 0 Å².